The van der Waals surface area contributed by atoms with E-state index in [4.69, 9.17) is 4.84 Å². The Bertz CT molecular complexity index is 292. The van der Waals surface area contributed by atoms with Gasteiger partial charge in [-0.15, -0.1) is 0 Å². The van der Waals surface area contributed by atoms with Crippen LogP contribution in [0.15, 0.2) is 5.16 Å². The lowest BCUT2D eigenvalue weighted by molar-refractivity contribution is -0.141. The first-order valence-corrected chi connectivity index (χ1v) is 5.97. The van der Waals surface area contributed by atoms with Crippen molar-refractivity contribution in [3.8, 4) is 0 Å². The molecule has 0 unspecified atom stereocenters. The lowest BCUT2D eigenvalue weighted by Crippen LogP contribution is -2.45. The fourth-order valence-electron chi connectivity index (χ4n) is 3.93. The molecule has 4 aliphatic rings. The third kappa shape index (κ3) is 1.58. The molecule has 4 fully saturated rings. The molecule has 4 saturated carbocycles. The van der Waals surface area contributed by atoms with Crippen LogP contribution in [0.25, 0.3) is 0 Å². The Balaban J connectivity index is 1.80. The maximum absolute atomic E-state index is 10.7. The lowest BCUT2D eigenvalue weighted by Gasteiger charge is -2.49. The molecule has 0 N–H and O–H groups in total. The van der Waals surface area contributed by atoms with Gasteiger partial charge in [-0.3, -0.25) is 0 Å². The topological polar surface area (TPSA) is 38.7 Å². The first kappa shape index (κ1) is 9.37. The second kappa shape index (κ2) is 3.32. The smallest absolute Gasteiger partial charge is 0.319 e. The van der Waals surface area contributed by atoms with Crippen molar-refractivity contribution in [2.45, 2.75) is 39.0 Å². The van der Waals surface area contributed by atoms with E-state index in [0.29, 0.717) is 11.8 Å². The molecule has 0 radical (unpaired) electrons. The monoisotopic (exact) mass is 207 g/mol. The van der Waals surface area contributed by atoms with Crippen LogP contribution in [0.2, 0.25) is 0 Å². The predicted molar refractivity (Wildman–Crippen MR) is 56.2 cm³/mol. The number of carbonyl (C=O) groups is 1. The summed E-state index contributed by atoms with van der Waals surface area (Å²) in [4.78, 5) is 15.6. The van der Waals surface area contributed by atoms with Crippen LogP contribution < -0.4 is 0 Å². The van der Waals surface area contributed by atoms with E-state index < -0.39 is 0 Å². The van der Waals surface area contributed by atoms with Gasteiger partial charge in [0.2, 0.25) is 0 Å². The summed E-state index contributed by atoms with van der Waals surface area (Å²) in [5, 5.41) is 4.09. The summed E-state index contributed by atoms with van der Waals surface area (Å²) in [5.41, 5.74) is 1.19. The van der Waals surface area contributed by atoms with Crippen LogP contribution in [0, 0.1) is 23.7 Å². The van der Waals surface area contributed by atoms with Crippen LogP contribution >= 0.6 is 0 Å². The second-order valence-electron chi connectivity index (χ2n) is 5.40. The number of hydrogen-bond acceptors (Lipinski definition) is 3. The fraction of sp³-hybridized carbons (Fsp3) is 0.833. The Morgan fingerprint density at radius 1 is 1.13 bits per heavy atom. The van der Waals surface area contributed by atoms with Gasteiger partial charge in [-0.1, -0.05) is 5.16 Å². The minimum atomic E-state index is -0.295. The van der Waals surface area contributed by atoms with Crippen molar-refractivity contribution in [2.75, 3.05) is 0 Å². The Hall–Kier alpha value is -0.860. The Labute approximate surface area is 89.9 Å². The Morgan fingerprint density at radius 3 is 2.13 bits per heavy atom. The van der Waals surface area contributed by atoms with Crippen LogP contribution in [0.4, 0.5) is 0 Å². The molecule has 3 nitrogen and oxygen atoms in total. The largest absolute Gasteiger partial charge is 0.331 e. The molecule has 0 saturated heterocycles. The molecule has 4 bridgehead atoms. The standard InChI is InChI=1S/C12H17NO2/c1-7(14)15-13-12-10-3-8-2-9(5-10)6-11(12)4-8/h8-11H,2-6H2,1H3. The highest BCUT2D eigenvalue weighted by atomic mass is 16.7. The molecule has 0 atom stereocenters. The molecule has 0 aromatic heterocycles. The van der Waals surface area contributed by atoms with Gasteiger partial charge in [-0.25, -0.2) is 4.79 Å². The highest BCUT2D eigenvalue weighted by Gasteiger charge is 2.46. The third-order valence-corrected chi connectivity index (χ3v) is 4.25. The minimum Gasteiger partial charge on any atom is -0.319 e. The number of nitrogens with zero attached hydrogens (tertiary/aromatic N) is 1. The van der Waals surface area contributed by atoms with Gasteiger partial charge < -0.3 is 4.84 Å². The second-order valence-corrected chi connectivity index (χ2v) is 5.40. The van der Waals surface area contributed by atoms with Crippen molar-refractivity contribution < 1.29 is 9.63 Å². The quantitative estimate of drug-likeness (QED) is 0.489. The maximum atomic E-state index is 10.7. The van der Waals surface area contributed by atoms with Crippen LogP contribution in [0.3, 0.4) is 0 Å². The van der Waals surface area contributed by atoms with Crippen LogP contribution in [-0.4, -0.2) is 11.7 Å². The molecule has 0 heterocycles. The van der Waals surface area contributed by atoms with Gasteiger partial charge >= 0.3 is 5.97 Å². The summed E-state index contributed by atoms with van der Waals surface area (Å²) in [6.45, 7) is 1.42. The molecule has 0 spiro atoms. The lowest BCUT2D eigenvalue weighted by atomic mass is 9.55. The summed E-state index contributed by atoms with van der Waals surface area (Å²) in [7, 11) is 0. The normalized spacial score (nSPS) is 41.8. The summed E-state index contributed by atoms with van der Waals surface area (Å²) < 4.78 is 0. The van der Waals surface area contributed by atoms with Crippen molar-refractivity contribution in [1.82, 2.24) is 0 Å². The number of hydrogen-bond donors (Lipinski definition) is 0. The van der Waals surface area contributed by atoms with E-state index in [0.717, 1.165) is 11.8 Å². The molecule has 82 valence electrons. The molecular formula is C12H17NO2. The number of carbonyl (C=O) groups excluding carboxylic acids is 1. The average Bonchev–Trinajstić information content (AvgIpc) is 2.14. The SMILES string of the molecule is CC(=O)ON=C1C2CC3CC(C2)CC1C3. The van der Waals surface area contributed by atoms with Crippen molar-refractivity contribution in [2.24, 2.45) is 28.8 Å². The van der Waals surface area contributed by atoms with E-state index in [-0.39, 0.29) is 5.97 Å². The molecule has 0 aromatic rings. The zero-order chi connectivity index (χ0) is 10.4. The third-order valence-electron chi connectivity index (χ3n) is 4.25. The fourth-order valence-corrected chi connectivity index (χ4v) is 3.93. The molecular weight excluding hydrogens is 190 g/mol. The summed E-state index contributed by atoms with van der Waals surface area (Å²) >= 11 is 0. The highest BCUT2D eigenvalue weighted by Crippen LogP contribution is 2.52. The molecule has 0 amide bonds. The number of oxime groups is 1. The van der Waals surface area contributed by atoms with Crippen LogP contribution in [-0.2, 0) is 9.63 Å². The van der Waals surface area contributed by atoms with E-state index in [1.54, 1.807) is 0 Å². The van der Waals surface area contributed by atoms with Crippen molar-refractivity contribution in [3.05, 3.63) is 0 Å². The minimum absolute atomic E-state index is 0.295. The molecule has 3 heteroatoms. The van der Waals surface area contributed by atoms with Crippen LogP contribution in [0.5, 0.6) is 0 Å². The van der Waals surface area contributed by atoms with E-state index in [1.165, 1.54) is 44.7 Å². The van der Waals surface area contributed by atoms with Gasteiger partial charge in [0.25, 0.3) is 0 Å². The van der Waals surface area contributed by atoms with E-state index >= 15 is 0 Å². The number of rotatable bonds is 1. The van der Waals surface area contributed by atoms with E-state index in [9.17, 15) is 4.79 Å². The van der Waals surface area contributed by atoms with Gasteiger partial charge in [0.05, 0.1) is 5.71 Å². The van der Waals surface area contributed by atoms with Crippen molar-refractivity contribution in [3.63, 3.8) is 0 Å². The van der Waals surface area contributed by atoms with E-state index in [2.05, 4.69) is 5.16 Å². The molecule has 0 aromatic carbocycles. The molecule has 0 aliphatic heterocycles. The predicted octanol–water partition coefficient (Wildman–Crippen LogP) is 2.36. The molecule has 4 aliphatic carbocycles. The summed E-state index contributed by atoms with van der Waals surface area (Å²) in [6.07, 6.45) is 6.58. The highest BCUT2D eigenvalue weighted by molar-refractivity contribution is 5.90. The Morgan fingerprint density at radius 2 is 1.67 bits per heavy atom. The van der Waals surface area contributed by atoms with Gasteiger partial charge in [-0.05, 0) is 43.9 Å². The van der Waals surface area contributed by atoms with Gasteiger partial charge in [0.15, 0.2) is 0 Å². The van der Waals surface area contributed by atoms with E-state index in [1.807, 2.05) is 0 Å². The first-order chi connectivity index (χ1) is 7.22. The zero-order valence-corrected chi connectivity index (χ0v) is 9.11. The van der Waals surface area contributed by atoms with Gasteiger partial charge in [0, 0.05) is 18.8 Å². The maximum Gasteiger partial charge on any atom is 0.331 e. The van der Waals surface area contributed by atoms with Gasteiger partial charge in [0.1, 0.15) is 0 Å². The first-order valence-electron chi connectivity index (χ1n) is 5.97. The zero-order valence-electron chi connectivity index (χ0n) is 9.11. The Kier molecular flexibility index (Phi) is 2.08. The van der Waals surface area contributed by atoms with Crippen molar-refractivity contribution >= 4 is 11.7 Å². The van der Waals surface area contributed by atoms with Gasteiger partial charge in [-0.2, -0.15) is 0 Å². The van der Waals surface area contributed by atoms with Crippen LogP contribution in [0.1, 0.15) is 39.0 Å². The van der Waals surface area contributed by atoms with Crippen molar-refractivity contribution in [1.29, 1.82) is 0 Å². The molecule has 4 rings (SSSR count). The molecule has 15 heavy (non-hydrogen) atoms. The average molecular weight is 207 g/mol. The summed E-state index contributed by atoms with van der Waals surface area (Å²) in [6, 6.07) is 0. The summed E-state index contributed by atoms with van der Waals surface area (Å²) in [5.74, 6) is 2.82.